The van der Waals surface area contributed by atoms with Crippen LogP contribution in [0.3, 0.4) is 0 Å². The number of aromatic nitrogens is 1. The van der Waals surface area contributed by atoms with E-state index in [-0.39, 0.29) is 89.4 Å². The van der Waals surface area contributed by atoms with Crippen LogP contribution in [0, 0.1) is 0 Å². The number of ether oxygens (including phenoxy) is 5. The number of aryl methyl sites for hydroxylation is 2. The van der Waals surface area contributed by atoms with Crippen LogP contribution in [0.2, 0.25) is 0 Å². The second kappa shape index (κ2) is 14.1. The fourth-order valence-corrected chi connectivity index (χ4v) is 4.93. The Balaban J connectivity index is 0.00000147. The number of aliphatic carboxylic acids is 1. The standard InChI is InChI=1S/C29H25NO7.2ClH.K/c1-33-25-6-5-19-13-24-22-15-27-26(36-17-37-27)14-20(22)7-8-30(24)16-23(19)29(25)35-10-9-34-21-4-2-3-18(11-21)12-28(31)32;;;/h2-6,11,13-16H,7-10,12,17H2,1H3;2*1H;/q;;;+1/p-1. The molecule has 3 heterocycles. The molecule has 0 saturated heterocycles. The second-order valence-corrected chi connectivity index (χ2v) is 8.98. The second-order valence-electron chi connectivity index (χ2n) is 8.98. The SMILES string of the molecule is COc1ccc2cc3[n+](cc2c1OCCOc1cccc(CC(=O)O)c1)CCc1cc2c(cc1-3)OCO2.[Cl-].[Cl-].[K+]. The number of hydrogen-bond acceptors (Lipinski definition) is 6. The molecule has 1 aromatic heterocycles. The summed E-state index contributed by atoms with van der Waals surface area (Å²) in [6, 6.07) is 17.4. The minimum absolute atomic E-state index is 0. The summed E-state index contributed by atoms with van der Waals surface area (Å²) in [6.45, 7) is 1.69. The minimum Gasteiger partial charge on any atom is -1.00 e. The molecule has 0 amide bonds. The Bertz CT molecular complexity index is 1530. The molecule has 40 heavy (non-hydrogen) atoms. The molecule has 2 aliphatic heterocycles. The predicted octanol–water partition coefficient (Wildman–Crippen LogP) is -4.82. The number of benzene rings is 3. The van der Waals surface area contributed by atoms with Crippen LogP contribution in [0.15, 0.2) is 60.8 Å². The monoisotopic (exact) mass is 609 g/mol. The minimum atomic E-state index is -0.877. The maximum Gasteiger partial charge on any atom is 1.00 e. The number of halogens is 2. The molecule has 2 aliphatic rings. The molecule has 6 rings (SSSR count). The van der Waals surface area contributed by atoms with Gasteiger partial charge in [-0.1, -0.05) is 12.1 Å². The molecule has 204 valence electrons. The number of fused-ring (bicyclic) bond motifs is 5. The molecule has 8 nitrogen and oxygen atoms in total. The van der Waals surface area contributed by atoms with Crippen molar-refractivity contribution in [3.8, 4) is 40.0 Å². The smallest absolute Gasteiger partial charge is 1.00 e. The average Bonchev–Trinajstić information content (AvgIpc) is 3.36. The fraction of sp³-hybridized carbons (Fsp3) is 0.241. The summed E-state index contributed by atoms with van der Waals surface area (Å²) in [5, 5.41) is 11.0. The van der Waals surface area contributed by atoms with Crippen LogP contribution >= 0.6 is 0 Å². The number of nitrogens with zero attached hydrogens (tertiary/aromatic N) is 1. The van der Waals surface area contributed by atoms with E-state index in [1.54, 1.807) is 31.4 Å². The number of carboxylic acids is 1. The van der Waals surface area contributed by atoms with E-state index in [0.717, 1.165) is 46.5 Å². The van der Waals surface area contributed by atoms with Crippen LogP contribution in [-0.4, -0.2) is 38.2 Å². The van der Waals surface area contributed by atoms with Gasteiger partial charge in [-0.05, 0) is 52.9 Å². The van der Waals surface area contributed by atoms with Crippen LogP contribution in [0.25, 0.3) is 22.0 Å². The molecular formula is C29H26Cl2KNO7. The molecule has 0 aliphatic carbocycles. The van der Waals surface area contributed by atoms with E-state index in [9.17, 15) is 4.79 Å². The average molecular weight is 611 g/mol. The van der Waals surface area contributed by atoms with Gasteiger partial charge in [0.15, 0.2) is 35.7 Å². The first-order valence-corrected chi connectivity index (χ1v) is 12.1. The number of carbonyl (C=O) groups is 1. The molecule has 0 bridgehead atoms. The molecule has 0 atom stereocenters. The van der Waals surface area contributed by atoms with Crippen LogP contribution in [0.4, 0.5) is 0 Å². The molecule has 0 saturated carbocycles. The van der Waals surface area contributed by atoms with Gasteiger partial charge < -0.3 is 53.6 Å². The predicted molar refractivity (Wildman–Crippen MR) is 135 cm³/mol. The third-order valence-corrected chi connectivity index (χ3v) is 6.65. The van der Waals surface area contributed by atoms with E-state index in [1.165, 1.54) is 5.56 Å². The normalized spacial score (nSPS) is 12.1. The largest absolute Gasteiger partial charge is 1.00 e. The Labute approximate surface area is 286 Å². The van der Waals surface area contributed by atoms with Crippen molar-refractivity contribution in [2.75, 3.05) is 27.1 Å². The number of rotatable bonds is 8. The zero-order chi connectivity index (χ0) is 25.4. The third-order valence-electron chi connectivity index (χ3n) is 6.65. The van der Waals surface area contributed by atoms with Gasteiger partial charge >= 0.3 is 57.4 Å². The van der Waals surface area contributed by atoms with Crippen molar-refractivity contribution in [1.82, 2.24) is 0 Å². The number of hydrogen-bond donors (Lipinski definition) is 1. The van der Waals surface area contributed by atoms with Crippen LogP contribution in [0.1, 0.15) is 11.1 Å². The van der Waals surface area contributed by atoms with Crippen molar-refractivity contribution in [3.05, 3.63) is 71.9 Å². The Kier molecular flexibility index (Phi) is 11.4. The fourth-order valence-electron chi connectivity index (χ4n) is 4.93. The molecule has 11 heteroatoms. The van der Waals surface area contributed by atoms with Gasteiger partial charge in [-0.25, -0.2) is 0 Å². The first-order valence-electron chi connectivity index (χ1n) is 12.1. The maximum atomic E-state index is 11.0. The molecule has 4 aromatic rings. The molecule has 0 radical (unpaired) electrons. The van der Waals surface area contributed by atoms with Gasteiger partial charge in [-0.2, -0.15) is 4.57 Å². The number of methoxy groups -OCH3 is 1. The molecule has 3 aromatic carbocycles. The van der Waals surface area contributed by atoms with Crippen molar-refractivity contribution in [1.29, 1.82) is 0 Å². The summed E-state index contributed by atoms with van der Waals surface area (Å²) in [4.78, 5) is 11.0. The van der Waals surface area contributed by atoms with Gasteiger partial charge in [-0.3, -0.25) is 4.79 Å². The van der Waals surface area contributed by atoms with E-state index < -0.39 is 5.97 Å². The Morgan fingerprint density at radius 3 is 2.55 bits per heavy atom. The summed E-state index contributed by atoms with van der Waals surface area (Å²) in [5.41, 5.74) is 4.20. The topological polar surface area (TPSA) is 87.3 Å². The van der Waals surface area contributed by atoms with E-state index >= 15 is 0 Å². The molecule has 0 unspecified atom stereocenters. The first-order chi connectivity index (χ1) is 18.1. The zero-order valence-electron chi connectivity index (χ0n) is 22.1. The van der Waals surface area contributed by atoms with Gasteiger partial charge in [0.05, 0.1) is 24.5 Å². The summed E-state index contributed by atoms with van der Waals surface area (Å²) in [5.74, 6) is 2.63. The van der Waals surface area contributed by atoms with Crippen molar-refractivity contribution >= 4 is 16.7 Å². The summed E-state index contributed by atoms with van der Waals surface area (Å²) in [6.07, 6.45) is 2.97. The Morgan fingerprint density at radius 1 is 1.00 bits per heavy atom. The Morgan fingerprint density at radius 2 is 1.77 bits per heavy atom. The molecule has 0 fully saturated rings. The molecular weight excluding hydrogens is 584 g/mol. The summed E-state index contributed by atoms with van der Waals surface area (Å²) < 4.78 is 31.0. The van der Waals surface area contributed by atoms with Gasteiger partial charge in [0, 0.05) is 12.5 Å². The van der Waals surface area contributed by atoms with Gasteiger partial charge in [-0.15, -0.1) is 0 Å². The summed E-state index contributed by atoms with van der Waals surface area (Å²) >= 11 is 0. The van der Waals surface area contributed by atoms with E-state index in [0.29, 0.717) is 36.0 Å². The Hall–Kier alpha value is -2.24. The first kappa shape index (κ1) is 32.3. The third kappa shape index (κ3) is 6.62. The van der Waals surface area contributed by atoms with E-state index in [1.807, 2.05) is 12.1 Å². The van der Waals surface area contributed by atoms with Crippen molar-refractivity contribution in [3.63, 3.8) is 0 Å². The van der Waals surface area contributed by atoms with Crippen LogP contribution < -0.4 is 104 Å². The van der Waals surface area contributed by atoms with E-state index in [4.69, 9.17) is 28.8 Å². The van der Waals surface area contributed by atoms with Crippen molar-refractivity contribution in [2.45, 2.75) is 19.4 Å². The number of carboxylic acid groups (broad SMARTS) is 1. The van der Waals surface area contributed by atoms with Gasteiger partial charge in [0.25, 0.3) is 0 Å². The maximum absolute atomic E-state index is 11.0. The zero-order valence-corrected chi connectivity index (χ0v) is 26.8. The number of pyridine rings is 1. The van der Waals surface area contributed by atoms with E-state index in [2.05, 4.69) is 29.0 Å². The van der Waals surface area contributed by atoms with Crippen molar-refractivity contribution < 1.29 is 114 Å². The molecule has 0 spiro atoms. The van der Waals surface area contributed by atoms with Crippen LogP contribution in [0.5, 0.6) is 28.7 Å². The molecule has 1 N–H and O–H groups in total. The summed E-state index contributed by atoms with van der Waals surface area (Å²) in [7, 11) is 1.63. The van der Waals surface area contributed by atoms with Gasteiger partial charge in [0.1, 0.15) is 19.0 Å². The van der Waals surface area contributed by atoms with Crippen molar-refractivity contribution in [2.24, 2.45) is 0 Å². The van der Waals surface area contributed by atoms with Gasteiger partial charge in [0.2, 0.25) is 12.5 Å². The quantitative estimate of drug-likeness (QED) is 0.122. The van der Waals surface area contributed by atoms with Crippen LogP contribution in [-0.2, 0) is 24.2 Å².